The van der Waals surface area contributed by atoms with Crippen molar-refractivity contribution in [3.05, 3.63) is 69.2 Å². The van der Waals surface area contributed by atoms with Crippen molar-refractivity contribution in [1.82, 2.24) is 0 Å². The van der Waals surface area contributed by atoms with Crippen LogP contribution in [0.25, 0.3) is 0 Å². The van der Waals surface area contributed by atoms with E-state index in [9.17, 15) is 13.2 Å². The van der Waals surface area contributed by atoms with Crippen LogP contribution < -0.4 is 0 Å². The molecule has 0 aliphatic heterocycles. The fourth-order valence-corrected chi connectivity index (χ4v) is 3.09. The molecule has 2 rings (SSSR count). The second-order valence-electron chi connectivity index (χ2n) is 4.69. The maximum Gasteiger partial charge on any atom is 0.417 e. The summed E-state index contributed by atoms with van der Waals surface area (Å²) in [5, 5.41) is 0. The maximum absolute atomic E-state index is 12.9. The van der Waals surface area contributed by atoms with Crippen molar-refractivity contribution in [1.29, 1.82) is 0 Å². The van der Waals surface area contributed by atoms with E-state index in [0.717, 1.165) is 12.0 Å². The smallest absolute Gasteiger partial charge is 0.166 e. The Morgan fingerprint density at radius 3 is 2.10 bits per heavy atom. The maximum atomic E-state index is 12.9. The third kappa shape index (κ3) is 3.89. The highest BCUT2D eigenvalue weighted by molar-refractivity contribution is 9.10. The number of halogens is 5. The van der Waals surface area contributed by atoms with Gasteiger partial charge in [0.15, 0.2) is 0 Å². The number of benzene rings is 2. The molecule has 0 fully saturated rings. The van der Waals surface area contributed by atoms with Crippen LogP contribution in [0, 0.1) is 0 Å². The van der Waals surface area contributed by atoms with Crippen LogP contribution >= 0.6 is 31.9 Å². The Morgan fingerprint density at radius 1 is 1.00 bits per heavy atom. The van der Waals surface area contributed by atoms with E-state index in [1.54, 1.807) is 6.07 Å². The van der Waals surface area contributed by atoms with Crippen molar-refractivity contribution in [3.63, 3.8) is 0 Å². The highest BCUT2D eigenvalue weighted by atomic mass is 79.9. The number of hydrogen-bond donors (Lipinski definition) is 0. The fourth-order valence-electron chi connectivity index (χ4n) is 2.03. The van der Waals surface area contributed by atoms with Crippen LogP contribution in [0.1, 0.15) is 34.0 Å². The van der Waals surface area contributed by atoms with E-state index in [0.29, 0.717) is 5.56 Å². The standard InChI is InChI=1S/C16H13Br2F3/c1-2-10-3-5-11(6-4-10)15(18)12-7-8-14(17)13(9-12)16(19,20)21/h3-9,15H,2H2,1H3. The Hall–Kier alpha value is -0.810. The summed E-state index contributed by atoms with van der Waals surface area (Å²) in [6, 6.07) is 12.2. The Kier molecular flexibility index (Phi) is 5.15. The topological polar surface area (TPSA) is 0 Å². The van der Waals surface area contributed by atoms with Crippen LogP contribution in [0.4, 0.5) is 13.2 Å². The second-order valence-corrected chi connectivity index (χ2v) is 6.46. The summed E-state index contributed by atoms with van der Waals surface area (Å²) in [6.45, 7) is 2.06. The molecule has 0 nitrogen and oxygen atoms in total. The molecule has 0 radical (unpaired) electrons. The van der Waals surface area contributed by atoms with Crippen LogP contribution in [-0.2, 0) is 12.6 Å². The van der Waals surface area contributed by atoms with Gasteiger partial charge in [0, 0.05) is 4.47 Å². The van der Waals surface area contributed by atoms with Gasteiger partial charge in [-0.1, -0.05) is 69.1 Å². The van der Waals surface area contributed by atoms with Crippen LogP contribution in [-0.4, -0.2) is 0 Å². The minimum Gasteiger partial charge on any atom is -0.166 e. The lowest BCUT2D eigenvalue weighted by atomic mass is 10.0. The van der Waals surface area contributed by atoms with E-state index in [4.69, 9.17) is 0 Å². The molecule has 0 saturated heterocycles. The van der Waals surface area contributed by atoms with Gasteiger partial charge in [-0.15, -0.1) is 0 Å². The molecule has 0 saturated carbocycles. The summed E-state index contributed by atoms with van der Waals surface area (Å²) in [5.41, 5.74) is 2.05. The summed E-state index contributed by atoms with van der Waals surface area (Å²) < 4.78 is 38.9. The van der Waals surface area contributed by atoms with E-state index in [1.165, 1.54) is 17.7 Å². The van der Waals surface area contributed by atoms with Gasteiger partial charge in [0.05, 0.1) is 10.4 Å². The number of aryl methyl sites for hydroxylation is 1. The van der Waals surface area contributed by atoms with Crippen LogP contribution in [0.3, 0.4) is 0 Å². The zero-order valence-electron chi connectivity index (χ0n) is 11.2. The van der Waals surface area contributed by atoms with Crippen molar-refractivity contribution < 1.29 is 13.2 Å². The van der Waals surface area contributed by atoms with E-state index in [-0.39, 0.29) is 9.30 Å². The van der Waals surface area contributed by atoms with Gasteiger partial charge >= 0.3 is 6.18 Å². The fraction of sp³-hybridized carbons (Fsp3) is 0.250. The molecule has 0 spiro atoms. The van der Waals surface area contributed by atoms with Gasteiger partial charge < -0.3 is 0 Å². The van der Waals surface area contributed by atoms with E-state index in [2.05, 4.69) is 38.8 Å². The summed E-state index contributed by atoms with van der Waals surface area (Å²) >= 11 is 6.44. The summed E-state index contributed by atoms with van der Waals surface area (Å²) in [6.07, 6.45) is -3.43. The van der Waals surface area contributed by atoms with Crippen molar-refractivity contribution in [2.45, 2.75) is 24.3 Å². The van der Waals surface area contributed by atoms with E-state index >= 15 is 0 Å². The molecule has 1 atom stereocenters. The molecule has 5 heteroatoms. The zero-order valence-corrected chi connectivity index (χ0v) is 14.4. The average Bonchev–Trinajstić information content (AvgIpc) is 2.46. The lowest BCUT2D eigenvalue weighted by Gasteiger charge is -2.15. The van der Waals surface area contributed by atoms with Crippen molar-refractivity contribution in [3.8, 4) is 0 Å². The SMILES string of the molecule is CCc1ccc(C(Br)c2ccc(Br)c(C(F)(F)F)c2)cc1. The first kappa shape index (κ1) is 16.6. The molecule has 0 aromatic heterocycles. The molecule has 112 valence electrons. The molecule has 0 amide bonds. The second kappa shape index (κ2) is 6.53. The molecule has 1 unspecified atom stereocenters. The molecule has 21 heavy (non-hydrogen) atoms. The highest BCUT2D eigenvalue weighted by Crippen LogP contribution is 2.39. The van der Waals surface area contributed by atoms with Crippen molar-refractivity contribution in [2.75, 3.05) is 0 Å². The minimum atomic E-state index is -4.37. The third-order valence-electron chi connectivity index (χ3n) is 3.27. The molecule has 2 aromatic rings. The number of alkyl halides is 4. The van der Waals surface area contributed by atoms with Crippen LogP contribution in [0.15, 0.2) is 46.9 Å². The molecule has 0 N–H and O–H groups in total. The van der Waals surface area contributed by atoms with Crippen LogP contribution in [0.5, 0.6) is 0 Å². The van der Waals surface area contributed by atoms with Gasteiger partial charge in [-0.25, -0.2) is 0 Å². The number of hydrogen-bond acceptors (Lipinski definition) is 0. The van der Waals surface area contributed by atoms with Gasteiger partial charge in [-0.2, -0.15) is 13.2 Å². The molecule has 0 bridgehead atoms. The van der Waals surface area contributed by atoms with E-state index < -0.39 is 11.7 Å². The van der Waals surface area contributed by atoms with E-state index in [1.807, 2.05) is 24.3 Å². The predicted octanol–water partition coefficient (Wildman–Crippen LogP) is 6.51. The quantitative estimate of drug-likeness (QED) is 0.495. The first-order valence-electron chi connectivity index (χ1n) is 6.42. The average molecular weight is 422 g/mol. The Bertz CT molecular complexity index is 618. The lowest BCUT2D eigenvalue weighted by Crippen LogP contribution is -2.07. The van der Waals surface area contributed by atoms with Crippen LogP contribution in [0.2, 0.25) is 0 Å². The molecular weight excluding hydrogens is 409 g/mol. The first-order valence-corrected chi connectivity index (χ1v) is 8.13. The lowest BCUT2D eigenvalue weighted by molar-refractivity contribution is -0.138. The highest BCUT2D eigenvalue weighted by Gasteiger charge is 2.33. The first-order chi connectivity index (χ1) is 9.82. The Labute approximate surface area is 138 Å². The third-order valence-corrected chi connectivity index (χ3v) is 5.02. The number of rotatable bonds is 3. The normalized spacial score (nSPS) is 13.2. The van der Waals surface area contributed by atoms with Gasteiger partial charge in [-0.05, 0) is 35.2 Å². The van der Waals surface area contributed by atoms with Gasteiger partial charge in [0.2, 0.25) is 0 Å². The van der Waals surface area contributed by atoms with Gasteiger partial charge in [0.25, 0.3) is 0 Å². The Balaban J connectivity index is 2.36. The molecule has 0 aliphatic rings. The minimum absolute atomic E-state index is 0.0554. The molecule has 0 aliphatic carbocycles. The summed E-state index contributed by atoms with van der Waals surface area (Å²) in [5.74, 6) is 0. The molecular formula is C16H13Br2F3. The predicted molar refractivity (Wildman–Crippen MR) is 85.7 cm³/mol. The van der Waals surface area contributed by atoms with Crippen molar-refractivity contribution >= 4 is 31.9 Å². The Morgan fingerprint density at radius 2 is 1.57 bits per heavy atom. The van der Waals surface area contributed by atoms with Crippen molar-refractivity contribution in [2.24, 2.45) is 0 Å². The summed E-state index contributed by atoms with van der Waals surface area (Å²) in [7, 11) is 0. The monoisotopic (exact) mass is 420 g/mol. The summed E-state index contributed by atoms with van der Waals surface area (Å²) in [4.78, 5) is -0.266. The molecule has 0 heterocycles. The zero-order chi connectivity index (χ0) is 15.6. The largest absolute Gasteiger partial charge is 0.417 e. The van der Waals surface area contributed by atoms with Gasteiger partial charge in [0.1, 0.15) is 0 Å². The van der Waals surface area contributed by atoms with Gasteiger partial charge in [-0.3, -0.25) is 0 Å². The molecule has 2 aromatic carbocycles.